The van der Waals surface area contributed by atoms with Gasteiger partial charge in [0, 0.05) is 0 Å². The Morgan fingerprint density at radius 1 is 1.80 bits per heavy atom. The van der Waals surface area contributed by atoms with Crippen molar-refractivity contribution >= 4 is 18.6 Å². The molecule has 0 unspecified atom stereocenters. The van der Waals surface area contributed by atoms with Crippen LogP contribution in [0.5, 0.6) is 0 Å². The molecule has 0 aromatic rings. The van der Waals surface area contributed by atoms with E-state index in [1.165, 1.54) is 0 Å². The van der Waals surface area contributed by atoms with Gasteiger partial charge in [-0.25, -0.2) is 4.79 Å². The van der Waals surface area contributed by atoms with E-state index in [1.807, 2.05) is 0 Å². The smallest absolute Gasteiger partial charge is 0.867 e. The molecule has 52 valence electrons. The van der Waals surface area contributed by atoms with Crippen molar-refractivity contribution in [1.82, 2.24) is 0 Å². The molecule has 5 heteroatoms. The molecule has 0 heterocycles. The van der Waals surface area contributed by atoms with E-state index in [1.54, 1.807) is 6.92 Å². The molecule has 0 atom stereocenters. The van der Waals surface area contributed by atoms with Gasteiger partial charge < -0.3 is 9.84 Å². The summed E-state index contributed by atoms with van der Waals surface area (Å²) in [6, 6.07) is 0. The van der Waals surface area contributed by atoms with E-state index in [9.17, 15) is 9.90 Å². The van der Waals surface area contributed by atoms with Crippen molar-refractivity contribution in [2.24, 2.45) is 0 Å². The Morgan fingerprint density at radius 3 is 2.60 bits per heavy atom. The van der Waals surface area contributed by atoms with Crippen molar-refractivity contribution in [3.05, 3.63) is 11.2 Å². The molecule has 0 spiro atoms. The molecule has 0 saturated heterocycles. The Kier molecular flexibility index (Phi) is 9.70. The number of carbonyl (C=O) groups excluding carboxylic acids is 1. The van der Waals surface area contributed by atoms with Crippen LogP contribution in [-0.4, -0.2) is 12.6 Å². The maximum absolute atomic E-state index is 10.3. The predicted molar refractivity (Wildman–Crippen MR) is 33.7 cm³/mol. The SMILES string of the molecule is CCOC(=O)C([O-])=CS.[Na+]. The normalized spacial score (nSPS) is 10.0. The van der Waals surface area contributed by atoms with E-state index >= 15 is 0 Å². The van der Waals surface area contributed by atoms with Crippen LogP contribution in [0.4, 0.5) is 0 Å². The zero-order valence-corrected chi connectivity index (χ0v) is 8.85. The summed E-state index contributed by atoms with van der Waals surface area (Å²) in [4.78, 5) is 10.3. The minimum atomic E-state index is -0.854. The molecule has 0 amide bonds. The number of ether oxygens (including phenoxy) is 1. The van der Waals surface area contributed by atoms with Crippen LogP contribution in [0.2, 0.25) is 0 Å². The van der Waals surface area contributed by atoms with E-state index in [4.69, 9.17) is 0 Å². The van der Waals surface area contributed by atoms with Crippen LogP contribution in [0.25, 0.3) is 0 Å². The number of thiol groups is 1. The Balaban J connectivity index is 0. The van der Waals surface area contributed by atoms with E-state index < -0.39 is 11.7 Å². The number of esters is 1. The van der Waals surface area contributed by atoms with Crippen molar-refractivity contribution in [3.8, 4) is 0 Å². The molecule has 0 rings (SSSR count). The van der Waals surface area contributed by atoms with Gasteiger partial charge in [0.25, 0.3) is 0 Å². The number of rotatable bonds is 2. The topological polar surface area (TPSA) is 49.4 Å². The predicted octanol–water partition coefficient (Wildman–Crippen LogP) is -3.31. The van der Waals surface area contributed by atoms with Gasteiger partial charge >= 0.3 is 35.5 Å². The first-order valence-corrected chi connectivity index (χ1v) is 2.92. The average molecular weight is 170 g/mol. The molecule has 0 aliphatic heterocycles. The fraction of sp³-hybridized carbons (Fsp3) is 0.400. The summed E-state index contributed by atoms with van der Waals surface area (Å²) in [7, 11) is 0. The van der Waals surface area contributed by atoms with Crippen LogP contribution in [0.3, 0.4) is 0 Å². The third kappa shape index (κ3) is 5.17. The first kappa shape index (κ1) is 13.0. The van der Waals surface area contributed by atoms with Crippen molar-refractivity contribution < 1.29 is 44.2 Å². The Morgan fingerprint density at radius 2 is 2.30 bits per heavy atom. The van der Waals surface area contributed by atoms with Crippen molar-refractivity contribution in [2.75, 3.05) is 6.61 Å². The van der Waals surface area contributed by atoms with E-state index in [-0.39, 0.29) is 36.2 Å². The van der Waals surface area contributed by atoms with Gasteiger partial charge in [-0.2, -0.15) is 12.6 Å². The molecular formula is C5H7NaO3S. The molecule has 0 fully saturated rings. The minimum Gasteiger partial charge on any atom is -0.867 e. The van der Waals surface area contributed by atoms with Gasteiger partial charge in [-0.1, -0.05) is 0 Å². The standard InChI is InChI=1S/C5H8O3S.Na/c1-2-8-5(7)4(6)3-9;/h3,6,9H,2H2,1H3;/q;+1/p-1. The number of hydrogen-bond acceptors (Lipinski definition) is 4. The first-order valence-electron chi connectivity index (χ1n) is 2.41. The summed E-state index contributed by atoms with van der Waals surface area (Å²) in [5, 5.41) is 11.2. The van der Waals surface area contributed by atoms with Crippen LogP contribution in [0.1, 0.15) is 6.92 Å². The molecule has 0 aliphatic carbocycles. The molecule has 10 heavy (non-hydrogen) atoms. The van der Waals surface area contributed by atoms with Gasteiger partial charge in [0.2, 0.25) is 0 Å². The molecule has 0 N–H and O–H groups in total. The summed E-state index contributed by atoms with van der Waals surface area (Å²) in [5.74, 6) is -1.58. The quantitative estimate of drug-likeness (QED) is 0.155. The minimum absolute atomic E-state index is 0. The van der Waals surface area contributed by atoms with Gasteiger partial charge in [0.05, 0.1) is 6.61 Å². The second-order valence-corrected chi connectivity index (χ2v) is 1.47. The maximum atomic E-state index is 10.3. The van der Waals surface area contributed by atoms with Crippen LogP contribution in [-0.2, 0) is 9.53 Å². The van der Waals surface area contributed by atoms with E-state index in [2.05, 4.69) is 17.4 Å². The second-order valence-electron chi connectivity index (χ2n) is 1.21. The number of carbonyl (C=O) groups is 1. The van der Waals surface area contributed by atoms with Crippen LogP contribution >= 0.6 is 12.6 Å². The zero-order chi connectivity index (χ0) is 7.28. The van der Waals surface area contributed by atoms with Crippen molar-refractivity contribution in [3.63, 3.8) is 0 Å². The third-order valence-corrected chi connectivity index (χ3v) is 0.828. The van der Waals surface area contributed by atoms with E-state index in [0.29, 0.717) is 0 Å². The zero-order valence-electron chi connectivity index (χ0n) is 5.96. The van der Waals surface area contributed by atoms with Gasteiger partial charge in [0.15, 0.2) is 0 Å². The van der Waals surface area contributed by atoms with Gasteiger partial charge in [-0.15, -0.1) is 0 Å². The van der Waals surface area contributed by atoms with Gasteiger partial charge in [0.1, 0.15) is 0 Å². The van der Waals surface area contributed by atoms with E-state index in [0.717, 1.165) is 5.41 Å². The molecule has 0 radical (unpaired) electrons. The average Bonchev–Trinajstić information content (AvgIpc) is 1.87. The Labute approximate surface area is 87.1 Å². The van der Waals surface area contributed by atoms with Crippen LogP contribution < -0.4 is 34.7 Å². The van der Waals surface area contributed by atoms with Gasteiger partial charge in [-0.05, 0) is 18.1 Å². The monoisotopic (exact) mass is 170 g/mol. The summed E-state index contributed by atoms with van der Waals surface area (Å²) < 4.78 is 4.33. The van der Waals surface area contributed by atoms with Crippen LogP contribution in [0.15, 0.2) is 11.2 Å². The molecular weight excluding hydrogens is 163 g/mol. The molecule has 0 aromatic carbocycles. The largest absolute Gasteiger partial charge is 1.00 e. The maximum Gasteiger partial charge on any atom is 1.00 e. The fourth-order valence-electron chi connectivity index (χ4n) is 0.255. The first-order chi connectivity index (χ1) is 4.22. The summed E-state index contributed by atoms with van der Waals surface area (Å²) in [6.45, 7) is 1.84. The molecule has 3 nitrogen and oxygen atoms in total. The van der Waals surface area contributed by atoms with Crippen LogP contribution in [0, 0.1) is 0 Å². The molecule has 0 aromatic heterocycles. The Hall–Kier alpha value is 0.360. The summed E-state index contributed by atoms with van der Waals surface area (Å²) in [5.41, 5.74) is 0. The molecule has 0 saturated carbocycles. The summed E-state index contributed by atoms with van der Waals surface area (Å²) >= 11 is 3.47. The molecule has 0 bridgehead atoms. The fourth-order valence-corrected chi connectivity index (χ4v) is 0.360. The second kappa shape index (κ2) is 7.47. The molecule has 0 aliphatic rings. The summed E-state index contributed by atoms with van der Waals surface area (Å²) in [6.07, 6.45) is 0. The number of hydrogen-bond donors (Lipinski definition) is 1. The van der Waals surface area contributed by atoms with Crippen molar-refractivity contribution in [2.45, 2.75) is 6.92 Å². The van der Waals surface area contributed by atoms with Crippen molar-refractivity contribution in [1.29, 1.82) is 0 Å². The third-order valence-electron chi connectivity index (χ3n) is 0.594. The Bertz CT molecular complexity index is 135. The van der Waals surface area contributed by atoms with Gasteiger partial charge in [-0.3, -0.25) is 0 Å².